The van der Waals surface area contributed by atoms with Crippen molar-refractivity contribution < 1.29 is 8.85 Å². The Kier molecular flexibility index (Phi) is 20.1. The summed E-state index contributed by atoms with van der Waals surface area (Å²) in [5, 5.41) is 0. The van der Waals surface area contributed by atoms with Gasteiger partial charge in [-0.15, -0.1) is 0 Å². The predicted molar refractivity (Wildman–Crippen MR) is 153 cm³/mol. The largest absolute Gasteiger partial charge is 0.395 e. The van der Waals surface area contributed by atoms with Gasteiger partial charge in [-0.3, -0.25) is 0 Å². The van der Waals surface area contributed by atoms with Crippen LogP contribution in [0.3, 0.4) is 0 Å². The second-order valence-corrected chi connectivity index (χ2v) is 13.3. The fourth-order valence-corrected chi connectivity index (χ4v) is 9.13. The molecule has 0 spiro atoms. The lowest BCUT2D eigenvalue weighted by atomic mass is 9.76. The van der Waals surface area contributed by atoms with Crippen LogP contribution in [-0.4, -0.2) is 95.4 Å². The first-order valence-electron chi connectivity index (χ1n) is 14.8. The van der Waals surface area contributed by atoms with Gasteiger partial charge in [-0.25, -0.2) is 0 Å². The highest BCUT2D eigenvalue weighted by Gasteiger charge is 2.42. The van der Waals surface area contributed by atoms with E-state index in [9.17, 15) is 0 Å². The van der Waals surface area contributed by atoms with E-state index in [2.05, 4.69) is 76.6 Å². The van der Waals surface area contributed by atoms with Gasteiger partial charge in [0.05, 0.1) is 0 Å². The maximum absolute atomic E-state index is 6.42. The Labute approximate surface area is 216 Å². The molecule has 0 fully saturated rings. The van der Waals surface area contributed by atoms with Gasteiger partial charge >= 0.3 is 8.56 Å². The smallest absolute Gasteiger partial charge is 0.335 e. The van der Waals surface area contributed by atoms with Gasteiger partial charge in [-0.2, -0.15) is 0 Å². The third kappa shape index (κ3) is 13.9. The summed E-state index contributed by atoms with van der Waals surface area (Å²) in [7, 11) is -2.21. The monoisotopic (exact) mass is 501 g/mol. The van der Waals surface area contributed by atoms with Crippen molar-refractivity contribution in [2.24, 2.45) is 5.41 Å². The van der Waals surface area contributed by atoms with E-state index in [1.807, 2.05) is 0 Å². The van der Waals surface area contributed by atoms with Gasteiger partial charge in [0.25, 0.3) is 0 Å². The molecule has 0 N–H and O–H groups in total. The highest BCUT2D eigenvalue weighted by atomic mass is 28.4. The summed E-state index contributed by atoms with van der Waals surface area (Å²) in [4.78, 5) is 7.74. The van der Waals surface area contributed by atoms with Gasteiger partial charge in [0, 0.05) is 13.2 Å². The molecule has 0 saturated carbocycles. The minimum absolute atomic E-state index is 0.318. The highest BCUT2D eigenvalue weighted by molar-refractivity contribution is 6.66. The van der Waals surface area contributed by atoms with E-state index >= 15 is 0 Å². The molecule has 34 heavy (non-hydrogen) atoms. The fourth-order valence-electron chi connectivity index (χ4n) is 5.73. The van der Waals surface area contributed by atoms with Crippen LogP contribution in [0.5, 0.6) is 0 Å². The van der Waals surface area contributed by atoms with E-state index in [0.717, 1.165) is 58.5 Å². The molecular weight excluding hydrogens is 438 g/mol. The molecule has 0 aromatic heterocycles. The van der Waals surface area contributed by atoms with Crippen LogP contribution in [0, 0.1) is 5.41 Å². The quantitative estimate of drug-likeness (QED) is 0.141. The number of nitrogens with zero attached hydrogens (tertiary/aromatic N) is 3. The molecule has 0 bridgehead atoms. The van der Waals surface area contributed by atoms with Crippen LogP contribution in [0.1, 0.15) is 93.9 Å². The lowest BCUT2D eigenvalue weighted by Crippen LogP contribution is -2.45. The predicted octanol–water partition coefficient (Wildman–Crippen LogP) is 6.48. The van der Waals surface area contributed by atoms with Crippen LogP contribution in [0.25, 0.3) is 0 Å². The second kappa shape index (κ2) is 20.1. The van der Waals surface area contributed by atoms with Gasteiger partial charge in [-0.1, -0.05) is 41.5 Å². The summed E-state index contributed by atoms with van der Waals surface area (Å²) in [5.41, 5.74) is 0.318. The molecule has 0 aromatic carbocycles. The minimum atomic E-state index is -2.21. The molecule has 0 aliphatic carbocycles. The molecule has 0 heterocycles. The van der Waals surface area contributed by atoms with Gasteiger partial charge < -0.3 is 23.6 Å². The Morgan fingerprint density at radius 3 is 1.06 bits per heavy atom. The van der Waals surface area contributed by atoms with Crippen LogP contribution in [0.4, 0.5) is 0 Å². The third-order valence-corrected chi connectivity index (χ3v) is 11.0. The first-order chi connectivity index (χ1) is 16.3. The topological polar surface area (TPSA) is 28.2 Å². The number of hydrogen-bond acceptors (Lipinski definition) is 5. The lowest BCUT2D eigenvalue weighted by Gasteiger charge is -2.41. The Bertz CT molecular complexity index is 403. The average molecular weight is 502 g/mol. The van der Waals surface area contributed by atoms with E-state index in [4.69, 9.17) is 8.85 Å². The molecule has 0 rings (SSSR count). The normalized spacial score (nSPS) is 13.1. The molecule has 206 valence electrons. The maximum Gasteiger partial charge on any atom is 0.335 e. The summed E-state index contributed by atoms with van der Waals surface area (Å²) in [6.45, 7) is 32.4. The van der Waals surface area contributed by atoms with E-state index < -0.39 is 8.56 Å². The Balaban J connectivity index is 5.75. The zero-order valence-electron chi connectivity index (χ0n) is 24.9. The first kappa shape index (κ1) is 34.0. The highest BCUT2D eigenvalue weighted by Crippen LogP contribution is 2.43. The molecule has 0 amide bonds. The molecule has 0 aliphatic rings. The van der Waals surface area contributed by atoms with Crippen LogP contribution in [-0.2, 0) is 8.85 Å². The van der Waals surface area contributed by atoms with Gasteiger partial charge in [0.15, 0.2) is 0 Å². The van der Waals surface area contributed by atoms with Gasteiger partial charge in [-0.05, 0) is 129 Å². The van der Waals surface area contributed by atoms with E-state index in [1.165, 1.54) is 58.2 Å². The molecular formula is C28H63N3O2Si. The Morgan fingerprint density at radius 1 is 0.529 bits per heavy atom. The van der Waals surface area contributed by atoms with Crippen molar-refractivity contribution in [2.75, 3.05) is 72.1 Å². The van der Waals surface area contributed by atoms with Gasteiger partial charge in [0.1, 0.15) is 0 Å². The summed E-state index contributed by atoms with van der Waals surface area (Å²) in [6, 6.07) is 1.14. The van der Waals surface area contributed by atoms with Gasteiger partial charge in [0.2, 0.25) is 0 Å². The molecule has 0 aromatic rings. The van der Waals surface area contributed by atoms with Crippen LogP contribution in [0.15, 0.2) is 0 Å². The van der Waals surface area contributed by atoms with Crippen molar-refractivity contribution in [2.45, 2.75) is 107 Å². The zero-order valence-corrected chi connectivity index (χ0v) is 25.9. The summed E-state index contributed by atoms with van der Waals surface area (Å²) < 4.78 is 12.8. The minimum Gasteiger partial charge on any atom is -0.395 e. The van der Waals surface area contributed by atoms with Crippen molar-refractivity contribution in [3.8, 4) is 0 Å². The molecule has 0 atom stereocenters. The van der Waals surface area contributed by atoms with E-state index in [-0.39, 0.29) is 0 Å². The zero-order chi connectivity index (χ0) is 25.9. The van der Waals surface area contributed by atoms with Crippen molar-refractivity contribution in [3.63, 3.8) is 0 Å². The number of rotatable bonds is 24. The molecule has 0 radical (unpaired) electrons. The lowest BCUT2D eigenvalue weighted by molar-refractivity contribution is 0.137. The summed E-state index contributed by atoms with van der Waals surface area (Å²) in [6.07, 6.45) is 7.72. The summed E-state index contributed by atoms with van der Waals surface area (Å²) in [5.74, 6) is 0. The van der Waals surface area contributed by atoms with E-state index in [1.54, 1.807) is 0 Å². The van der Waals surface area contributed by atoms with Crippen LogP contribution in [0.2, 0.25) is 12.6 Å². The van der Waals surface area contributed by atoms with Crippen molar-refractivity contribution in [1.29, 1.82) is 0 Å². The van der Waals surface area contributed by atoms with E-state index in [0.29, 0.717) is 5.41 Å². The van der Waals surface area contributed by atoms with Crippen LogP contribution >= 0.6 is 0 Å². The number of hydrogen-bond donors (Lipinski definition) is 0. The van der Waals surface area contributed by atoms with Crippen molar-refractivity contribution >= 4 is 8.56 Å². The molecule has 6 heteroatoms. The van der Waals surface area contributed by atoms with Crippen molar-refractivity contribution in [3.05, 3.63) is 0 Å². The molecule has 0 aliphatic heterocycles. The molecule has 0 unspecified atom stereocenters. The average Bonchev–Trinajstić information content (AvgIpc) is 2.82. The Hall–Kier alpha value is 0.0169. The second-order valence-electron chi connectivity index (χ2n) is 10.1. The maximum atomic E-state index is 6.42. The molecule has 5 nitrogen and oxygen atoms in total. The Morgan fingerprint density at radius 2 is 0.824 bits per heavy atom. The van der Waals surface area contributed by atoms with Crippen molar-refractivity contribution in [1.82, 2.24) is 14.7 Å². The summed E-state index contributed by atoms with van der Waals surface area (Å²) >= 11 is 0. The molecule has 0 saturated heterocycles. The SMILES string of the molecule is CCO[Si](C)(CC(CCCN(CC)CC)(CCCN(CC)CC)CCCN(CC)CC)OCC. The third-order valence-electron chi connectivity index (χ3n) is 7.82. The standard InChI is InChI=1S/C28H63N3O2Si/c1-10-29(11-2)24-18-21-28(22-19-25-30(12-3)13-4,23-20-26-31(14-5)15-6)27-34(9,32-16-7)33-17-8/h10-27H2,1-9H3. The fraction of sp³-hybridized carbons (Fsp3) is 1.00. The van der Waals surface area contributed by atoms with Crippen LogP contribution < -0.4 is 0 Å². The first-order valence-corrected chi connectivity index (χ1v) is 17.3.